The largest absolute Gasteiger partial charge is 0.505 e. The summed E-state index contributed by atoms with van der Waals surface area (Å²) in [5, 5.41) is 54.6. The highest BCUT2D eigenvalue weighted by Gasteiger charge is 2.26. The van der Waals surface area contributed by atoms with Gasteiger partial charge in [-0.2, -0.15) is 21.9 Å². The molecule has 0 aliphatic rings. The van der Waals surface area contributed by atoms with Crippen LogP contribution in [0.2, 0.25) is 0 Å². The molecule has 0 atom stereocenters. The lowest BCUT2D eigenvalue weighted by molar-refractivity contribution is -0.432. The van der Waals surface area contributed by atoms with E-state index in [1.54, 1.807) is 24.1 Å². The Morgan fingerprint density at radius 1 is 0.790 bits per heavy atom. The fraction of sp³-hybridized carbons (Fsp3) is 0.0909. The molecule has 7 N–H and O–H groups in total. The Hall–Kier alpha value is -5.14. The van der Waals surface area contributed by atoms with Crippen molar-refractivity contribution >= 4 is 111 Å². The second-order valence-corrected chi connectivity index (χ2v) is 18.6. The van der Waals surface area contributed by atoms with Crippen molar-refractivity contribution < 1.29 is 77.9 Å². The topological polar surface area (TPSA) is 338 Å². The summed E-state index contributed by atoms with van der Waals surface area (Å²) in [6, 6.07) is 20.7. The highest BCUT2D eigenvalue weighted by molar-refractivity contribution is 8.04. The van der Waals surface area contributed by atoms with Gasteiger partial charge in [-0.05, 0) is 88.2 Å². The van der Waals surface area contributed by atoms with E-state index < -0.39 is 46.7 Å². The minimum Gasteiger partial charge on any atom is -0.505 e. The molecule has 62 heavy (non-hydrogen) atoms. The third-order valence-electron chi connectivity index (χ3n) is 7.82. The van der Waals surface area contributed by atoms with Gasteiger partial charge < -0.3 is 15.7 Å². The average Bonchev–Trinajstić information content (AvgIpc) is 3.23. The van der Waals surface area contributed by atoms with Crippen molar-refractivity contribution in [2.45, 2.75) is 24.5 Å². The van der Waals surface area contributed by atoms with Gasteiger partial charge in [-0.25, -0.2) is 18.9 Å². The number of anilines is 2. The first kappa shape index (κ1) is 47.9. The van der Waals surface area contributed by atoms with E-state index in [0.717, 1.165) is 29.6 Å². The summed E-state index contributed by atoms with van der Waals surface area (Å²) < 4.78 is 104. The van der Waals surface area contributed by atoms with E-state index in [4.69, 9.17) is 20.8 Å². The summed E-state index contributed by atoms with van der Waals surface area (Å²) in [5.41, 5.74) is 5.90. The third kappa shape index (κ3) is 12.9. The predicted octanol–water partition coefficient (Wildman–Crippen LogP) is 7.73. The molecule has 23 nitrogen and oxygen atoms in total. The number of nitrogen functional groups attached to an aromatic ring is 1. The van der Waals surface area contributed by atoms with E-state index in [0.29, 0.717) is 29.0 Å². The quantitative estimate of drug-likeness (QED) is 0.00673. The zero-order chi connectivity index (χ0) is 45.1. The molecule has 0 saturated carbocycles. The number of hydrogen-bond donors (Lipinski definition) is 6. The second kappa shape index (κ2) is 21.3. The van der Waals surface area contributed by atoms with Crippen LogP contribution in [0.1, 0.15) is 0 Å². The highest BCUT2D eigenvalue weighted by Crippen LogP contribution is 2.49. The van der Waals surface area contributed by atoms with Gasteiger partial charge in [0.05, 0.1) is 61.3 Å². The van der Waals surface area contributed by atoms with Crippen LogP contribution >= 0.6 is 35.8 Å². The van der Waals surface area contributed by atoms with Gasteiger partial charge >= 0.3 is 10.4 Å². The summed E-state index contributed by atoms with van der Waals surface area (Å²) in [6.07, 6.45) is 1.89. The molecule has 0 radical (unpaired) electrons. The van der Waals surface area contributed by atoms with Crippen LogP contribution in [-0.2, 0) is 58.3 Å². The molecule has 328 valence electrons. The predicted molar refractivity (Wildman–Crippen MR) is 222 cm³/mol. The van der Waals surface area contributed by atoms with E-state index >= 15 is 0 Å². The van der Waals surface area contributed by atoms with Crippen LogP contribution < -0.4 is 10.6 Å². The molecular formula is C33H28N6O17S6. The Kier molecular flexibility index (Phi) is 16.4. The van der Waals surface area contributed by atoms with Crippen molar-refractivity contribution in [1.82, 2.24) is 0 Å². The van der Waals surface area contributed by atoms with Crippen LogP contribution in [0, 0.1) is 11.4 Å². The van der Waals surface area contributed by atoms with E-state index in [1.807, 2.05) is 24.3 Å². The lowest BCUT2D eigenvalue weighted by Crippen LogP contribution is -2.25. The van der Waals surface area contributed by atoms with Crippen molar-refractivity contribution in [3.63, 3.8) is 0 Å². The lowest BCUT2D eigenvalue weighted by Gasteiger charge is -2.19. The molecule has 5 rings (SSSR count). The van der Waals surface area contributed by atoms with Gasteiger partial charge in [0.25, 0.3) is 10.1 Å². The maximum absolute atomic E-state index is 13.3. The first-order valence-electron chi connectivity index (χ1n) is 16.4. The molecule has 0 heterocycles. The Labute approximate surface area is 364 Å². The number of sulfone groups is 1. The number of azo groups is 2. The molecule has 0 aliphatic carbocycles. The minimum absolute atomic E-state index is 0.0491. The number of aromatic hydroxyl groups is 1. The number of fused-ring (bicyclic) bond motifs is 1. The number of hydrogen-bond acceptors (Lipinski definition) is 24. The number of para-hydroxylation sites is 1. The molecule has 5 aromatic carbocycles. The molecule has 5 aromatic rings. The summed E-state index contributed by atoms with van der Waals surface area (Å²) >= 11 is 1.54. The van der Waals surface area contributed by atoms with Crippen LogP contribution in [0.15, 0.2) is 130 Å². The molecule has 29 heteroatoms. The Morgan fingerprint density at radius 3 is 2.10 bits per heavy atom. The van der Waals surface area contributed by atoms with Gasteiger partial charge in [0.15, 0.2) is 21.7 Å². The number of benzene rings is 5. The van der Waals surface area contributed by atoms with Crippen LogP contribution in [-0.4, -0.2) is 69.3 Å². The highest BCUT2D eigenvalue weighted by atomic mass is 32.3. The van der Waals surface area contributed by atoms with Gasteiger partial charge in [0, 0.05) is 29.4 Å². The summed E-state index contributed by atoms with van der Waals surface area (Å²) in [4.78, 5) is 4.99. The van der Waals surface area contributed by atoms with Gasteiger partial charge in [-0.1, -0.05) is 28.3 Å². The molecular weight excluding hydrogens is 945 g/mol. The zero-order valence-electron chi connectivity index (χ0n) is 30.9. The standard InChI is InChI=1S/C33H28N6O17S6/c1-39(22-5-3-2-4-6-22)13-16-60(43,44)24-11-12-25(26(19-24)58-54-52-41)36-38-32-28(61(45,46)47)18-20-17-27(59-55-53-42)31(30(34)29(20)33(32)40)37-35-21-7-9-23(10-8-21)57-15-14-51-56-62(48,49)50/h2-12,17-19,40-42H,13,16,34H2,1H3,(H,45,46,47)(H,48,49,50). The first-order valence-corrected chi connectivity index (χ1v) is 23.1. The van der Waals surface area contributed by atoms with Crippen LogP contribution in [0.25, 0.3) is 10.8 Å². The number of phenols is 1. The maximum atomic E-state index is 13.3. The number of nitrogens with zero attached hydrogens (tertiary/aromatic N) is 5. The Bertz CT molecular complexity index is 2880. The first-order chi connectivity index (χ1) is 29.4. The van der Waals surface area contributed by atoms with Gasteiger partial charge in [-0.15, -0.1) is 24.0 Å². The van der Waals surface area contributed by atoms with Crippen LogP contribution in [0.3, 0.4) is 0 Å². The average molecular weight is 973 g/mol. The van der Waals surface area contributed by atoms with Gasteiger partial charge in [0.1, 0.15) is 22.0 Å². The lowest BCUT2D eigenvalue weighted by atomic mass is 10.1. The zero-order valence-corrected chi connectivity index (χ0v) is 35.8. The number of phenolic OH excluding ortho intramolecular Hbond substituents is 1. The van der Waals surface area contributed by atoms with Crippen LogP contribution in [0.4, 0.5) is 34.1 Å². The summed E-state index contributed by atoms with van der Waals surface area (Å²) in [5.74, 6) is -1.24. The Morgan fingerprint density at radius 2 is 1.45 bits per heavy atom. The third-order valence-corrected chi connectivity index (χ3v) is 12.6. The molecule has 0 spiro atoms. The number of nitrogens with two attached hydrogens (primary N) is 1. The molecule has 0 fully saturated rings. The van der Waals surface area contributed by atoms with Crippen molar-refractivity contribution in [3.05, 3.63) is 84.9 Å². The SMILES string of the molecule is CN(CCS(=O)(=O)c1ccc(N=Nc2c(S(=O)(=O)O)cc3cc(SOOO)c(N=Nc4ccc(SC#COOS(=O)(=O)O)cc4)c(N)c3c2O)c(SOOO)c1)c1ccccc1. The molecule has 0 unspecified atom stereocenters. The molecule has 0 aromatic heterocycles. The summed E-state index contributed by atoms with van der Waals surface area (Å²) in [6.45, 7) is 0.115. The van der Waals surface area contributed by atoms with Gasteiger partial charge in [-0.3, -0.25) is 14.0 Å². The van der Waals surface area contributed by atoms with Crippen molar-refractivity contribution in [3.8, 4) is 17.1 Å². The molecule has 0 aliphatic heterocycles. The Balaban J connectivity index is 1.51. The minimum atomic E-state index is -5.18. The van der Waals surface area contributed by atoms with E-state index in [9.17, 15) is 34.9 Å². The molecule has 0 saturated heterocycles. The summed E-state index contributed by atoms with van der Waals surface area (Å²) in [7, 11) is -12.2. The van der Waals surface area contributed by atoms with Crippen molar-refractivity contribution in [2.75, 3.05) is 30.0 Å². The van der Waals surface area contributed by atoms with Gasteiger partial charge in [0.2, 0.25) is 0 Å². The maximum Gasteiger partial charge on any atom is 0.433 e. The number of rotatable bonds is 19. The fourth-order valence-electron chi connectivity index (χ4n) is 5.05. The van der Waals surface area contributed by atoms with E-state index in [2.05, 4.69) is 53.7 Å². The van der Waals surface area contributed by atoms with Crippen molar-refractivity contribution in [1.29, 1.82) is 0 Å². The molecule has 0 bridgehead atoms. The fourth-order valence-corrected chi connectivity index (χ4v) is 8.67. The molecule has 0 amide bonds. The van der Waals surface area contributed by atoms with E-state index in [1.165, 1.54) is 42.5 Å². The normalized spacial score (nSPS) is 12.2. The second-order valence-electron chi connectivity index (χ2n) is 11.7. The van der Waals surface area contributed by atoms with Crippen LogP contribution in [0.5, 0.6) is 5.75 Å². The smallest absolute Gasteiger partial charge is 0.433 e. The van der Waals surface area contributed by atoms with E-state index in [-0.39, 0.29) is 60.5 Å². The van der Waals surface area contributed by atoms with Crippen molar-refractivity contribution in [2.24, 2.45) is 20.5 Å². The number of thioether (sulfide) groups is 1. The monoisotopic (exact) mass is 972 g/mol.